The van der Waals surface area contributed by atoms with Gasteiger partial charge in [0.15, 0.2) is 5.96 Å². The van der Waals surface area contributed by atoms with Crippen LogP contribution < -0.4 is 16.0 Å². The average molecular weight is 334 g/mol. The summed E-state index contributed by atoms with van der Waals surface area (Å²) in [6.45, 7) is 2.45. The Morgan fingerprint density at radius 1 is 1.25 bits per heavy atom. The molecule has 24 heavy (non-hydrogen) atoms. The number of nitrogens with one attached hydrogen (secondary N) is 3. The predicted octanol–water partition coefficient (Wildman–Crippen LogP) is 2.25. The smallest absolute Gasteiger partial charge is 0.239 e. The van der Waals surface area contributed by atoms with E-state index in [9.17, 15) is 9.18 Å². The lowest BCUT2D eigenvalue weighted by atomic mass is 9.95. The number of amides is 1. The highest BCUT2D eigenvalue weighted by Gasteiger charge is 2.15. The quantitative estimate of drug-likeness (QED) is 0.571. The zero-order valence-electron chi connectivity index (χ0n) is 14.5. The van der Waals surface area contributed by atoms with E-state index in [4.69, 9.17) is 0 Å². The number of aliphatic imine (C=N–C) groups is 1. The van der Waals surface area contributed by atoms with Crippen molar-refractivity contribution in [3.05, 3.63) is 35.1 Å². The fourth-order valence-electron chi connectivity index (χ4n) is 2.91. The highest BCUT2D eigenvalue weighted by Crippen LogP contribution is 2.17. The van der Waals surface area contributed by atoms with E-state index in [0.29, 0.717) is 24.1 Å². The van der Waals surface area contributed by atoms with E-state index >= 15 is 0 Å². The van der Waals surface area contributed by atoms with Crippen molar-refractivity contribution in [2.45, 2.75) is 51.6 Å². The van der Waals surface area contributed by atoms with Gasteiger partial charge in [-0.15, -0.1) is 0 Å². The minimum atomic E-state index is -0.208. The minimum Gasteiger partial charge on any atom is -0.352 e. The van der Waals surface area contributed by atoms with Gasteiger partial charge in [-0.2, -0.15) is 0 Å². The third-order valence-corrected chi connectivity index (χ3v) is 4.29. The molecular formula is C18H27FN4O. The van der Waals surface area contributed by atoms with E-state index in [-0.39, 0.29) is 18.3 Å². The molecule has 0 atom stereocenters. The Labute approximate surface area is 143 Å². The van der Waals surface area contributed by atoms with E-state index in [2.05, 4.69) is 20.9 Å². The topological polar surface area (TPSA) is 65.5 Å². The molecule has 0 unspecified atom stereocenters. The molecule has 0 heterocycles. The summed E-state index contributed by atoms with van der Waals surface area (Å²) >= 11 is 0. The van der Waals surface area contributed by atoms with Gasteiger partial charge in [0.1, 0.15) is 5.82 Å². The van der Waals surface area contributed by atoms with Crippen LogP contribution in [0.5, 0.6) is 0 Å². The zero-order chi connectivity index (χ0) is 17.4. The van der Waals surface area contributed by atoms with Gasteiger partial charge in [-0.25, -0.2) is 4.39 Å². The Morgan fingerprint density at radius 3 is 2.67 bits per heavy atom. The molecule has 1 aliphatic rings. The lowest BCUT2D eigenvalue weighted by Crippen LogP contribution is -2.45. The lowest BCUT2D eigenvalue weighted by Gasteiger charge is -2.23. The van der Waals surface area contributed by atoms with Crippen molar-refractivity contribution in [1.82, 2.24) is 16.0 Å². The maximum absolute atomic E-state index is 13.3. The lowest BCUT2D eigenvalue weighted by molar-refractivity contribution is -0.120. The van der Waals surface area contributed by atoms with Crippen LogP contribution in [0.1, 0.15) is 43.2 Å². The van der Waals surface area contributed by atoms with Gasteiger partial charge in [0.05, 0.1) is 6.54 Å². The standard InChI is InChI=1S/C18H27FN4O/c1-13-10-14(8-9-16(13)19)11-21-18(20-2)22-12-17(24)23-15-6-4-3-5-7-15/h8-10,15H,3-7,11-12H2,1-2H3,(H,23,24)(H2,20,21,22). The van der Waals surface area contributed by atoms with Gasteiger partial charge in [-0.1, -0.05) is 31.4 Å². The number of guanidine groups is 1. The van der Waals surface area contributed by atoms with E-state index < -0.39 is 0 Å². The summed E-state index contributed by atoms with van der Waals surface area (Å²) in [5.41, 5.74) is 1.58. The highest BCUT2D eigenvalue weighted by molar-refractivity contribution is 5.86. The third-order valence-electron chi connectivity index (χ3n) is 4.29. The van der Waals surface area contributed by atoms with Crippen molar-refractivity contribution in [1.29, 1.82) is 0 Å². The number of carbonyl (C=O) groups is 1. The zero-order valence-corrected chi connectivity index (χ0v) is 14.5. The Kier molecular flexibility index (Phi) is 7.03. The van der Waals surface area contributed by atoms with Gasteiger partial charge in [0.2, 0.25) is 5.91 Å². The van der Waals surface area contributed by atoms with E-state index in [1.54, 1.807) is 26.1 Å². The summed E-state index contributed by atoms with van der Waals surface area (Å²) in [7, 11) is 1.66. The second kappa shape index (κ2) is 9.25. The van der Waals surface area contributed by atoms with Crippen molar-refractivity contribution in [3.8, 4) is 0 Å². The molecular weight excluding hydrogens is 307 g/mol. The van der Waals surface area contributed by atoms with Crippen LogP contribution in [0.2, 0.25) is 0 Å². The summed E-state index contributed by atoms with van der Waals surface area (Å²) < 4.78 is 13.3. The molecule has 0 aliphatic heterocycles. The number of hydrogen-bond acceptors (Lipinski definition) is 2. The molecule has 0 spiro atoms. The molecule has 0 aromatic heterocycles. The molecule has 1 aromatic rings. The third kappa shape index (κ3) is 5.83. The number of nitrogens with zero attached hydrogens (tertiary/aromatic N) is 1. The van der Waals surface area contributed by atoms with Crippen molar-refractivity contribution in [2.24, 2.45) is 4.99 Å². The Hall–Kier alpha value is -2.11. The van der Waals surface area contributed by atoms with Crippen LogP contribution in [0.3, 0.4) is 0 Å². The molecule has 0 radical (unpaired) electrons. The molecule has 5 nitrogen and oxygen atoms in total. The minimum absolute atomic E-state index is 0.0116. The SMILES string of the molecule is CN=C(NCC(=O)NC1CCCCC1)NCc1ccc(F)c(C)c1. The number of aryl methyl sites for hydroxylation is 1. The Bertz CT molecular complexity index is 582. The van der Waals surface area contributed by atoms with Gasteiger partial charge < -0.3 is 16.0 Å². The summed E-state index contributed by atoms with van der Waals surface area (Å²) in [5.74, 6) is 0.332. The molecule has 3 N–H and O–H groups in total. The van der Waals surface area contributed by atoms with Crippen LogP contribution in [0, 0.1) is 12.7 Å². The Balaban J connectivity index is 1.73. The Morgan fingerprint density at radius 2 is 2.00 bits per heavy atom. The number of halogens is 1. The molecule has 0 saturated heterocycles. The van der Waals surface area contributed by atoms with Crippen LogP contribution in [0.15, 0.2) is 23.2 Å². The van der Waals surface area contributed by atoms with E-state index in [1.165, 1.54) is 25.3 Å². The van der Waals surface area contributed by atoms with E-state index in [1.807, 2.05) is 0 Å². The van der Waals surface area contributed by atoms with Gasteiger partial charge in [0.25, 0.3) is 0 Å². The second-order valence-electron chi connectivity index (χ2n) is 6.27. The molecule has 1 fully saturated rings. The molecule has 132 valence electrons. The van der Waals surface area contributed by atoms with Gasteiger partial charge in [0, 0.05) is 19.6 Å². The van der Waals surface area contributed by atoms with Crippen molar-refractivity contribution in [3.63, 3.8) is 0 Å². The van der Waals surface area contributed by atoms with E-state index in [0.717, 1.165) is 18.4 Å². The van der Waals surface area contributed by atoms with Crippen LogP contribution in [0.4, 0.5) is 4.39 Å². The highest BCUT2D eigenvalue weighted by atomic mass is 19.1. The van der Waals surface area contributed by atoms with Crippen LogP contribution in [-0.2, 0) is 11.3 Å². The molecule has 2 rings (SSSR count). The fourth-order valence-corrected chi connectivity index (χ4v) is 2.91. The van der Waals surface area contributed by atoms with Gasteiger partial charge in [-0.05, 0) is 37.0 Å². The first-order chi connectivity index (χ1) is 11.6. The number of carbonyl (C=O) groups excluding carboxylic acids is 1. The van der Waals surface area contributed by atoms with Gasteiger partial charge in [-0.3, -0.25) is 9.79 Å². The maximum atomic E-state index is 13.3. The summed E-state index contributed by atoms with van der Waals surface area (Å²) in [4.78, 5) is 16.1. The summed E-state index contributed by atoms with van der Waals surface area (Å²) in [5, 5.41) is 9.20. The van der Waals surface area contributed by atoms with Gasteiger partial charge >= 0.3 is 0 Å². The van der Waals surface area contributed by atoms with Crippen molar-refractivity contribution < 1.29 is 9.18 Å². The van der Waals surface area contributed by atoms with Crippen LogP contribution in [0.25, 0.3) is 0 Å². The largest absolute Gasteiger partial charge is 0.352 e. The number of hydrogen-bond donors (Lipinski definition) is 3. The second-order valence-corrected chi connectivity index (χ2v) is 6.27. The first-order valence-corrected chi connectivity index (χ1v) is 8.57. The molecule has 1 aromatic carbocycles. The summed E-state index contributed by atoms with van der Waals surface area (Å²) in [6.07, 6.45) is 5.80. The number of rotatable bonds is 5. The normalized spacial score (nSPS) is 15.9. The average Bonchev–Trinajstić information content (AvgIpc) is 2.59. The first kappa shape index (κ1) is 18.2. The summed E-state index contributed by atoms with van der Waals surface area (Å²) in [6, 6.07) is 5.30. The van der Waals surface area contributed by atoms with Crippen LogP contribution in [-0.4, -0.2) is 31.5 Å². The molecule has 1 amide bonds. The van der Waals surface area contributed by atoms with Crippen LogP contribution >= 0.6 is 0 Å². The maximum Gasteiger partial charge on any atom is 0.239 e. The predicted molar refractivity (Wildman–Crippen MR) is 94.4 cm³/mol. The van der Waals surface area contributed by atoms with Crippen molar-refractivity contribution in [2.75, 3.05) is 13.6 Å². The fraction of sp³-hybridized carbons (Fsp3) is 0.556. The molecule has 0 bridgehead atoms. The monoisotopic (exact) mass is 334 g/mol. The van der Waals surface area contributed by atoms with Crippen molar-refractivity contribution >= 4 is 11.9 Å². The number of benzene rings is 1. The molecule has 6 heteroatoms. The molecule has 1 saturated carbocycles. The molecule has 1 aliphatic carbocycles. The first-order valence-electron chi connectivity index (χ1n) is 8.57.